The number of sulfonamides is 1. The van der Waals surface area contributed by atoms with Crippen LogP contribution < -0.4 is 5.32 Å². The standard InChI is InChI=1S/C12H19N3O2S.ClH/c1-13-8-11-4-3-7-15(10-11)18(16,17)12-5-2-6-14-9-12;/h2,5-6,9,11,13H,3-4,7-8,10H2,1H3;1H. The second-order valence-electron chi connectivity index (χ2n) is 4.62. The van der Waals surface area contributed by atoms with Crippen molar-refractivity contribution in [1.29, 1.82) is 0 Å². The molecule has 1 aliphatic rings. The van der Waals surface area contributed by atoms with Gasteiger partial charge in [-0.05, 0) is 44.5 Å². The summed E-state index contributed by atoms with van der Waals surface area (Å²) in [6, 6.07) is 3.26. The summed E-state index contributed by atoms with van der Waals surface area (Å²) in [5, 5.41) is 3.12. The molecule has 7 heteroatoms. The molecular formula is C12H20ClN3O2S. The molecule has 1 saturated heterocycles. The first-order valence-electron chi connectivity index (χ1n) is 6.19. The Morgan fingerprint density at radius 3 is 2.95 bits per heavy atom. The molecule has 0 aliphatic carbocycles. The van der Waals surface area contributed by atoms with Crippen LogP contribution in [0.1, 0.15) is 12.8 Å². The van der Waals surface area contributed by atoms with Crippen molar-refractivity contribution in [3.8, 4) is 0 Å². The minimum absolute atomic E-state index is 0. The molecule has 19 heavy (non-hydrogen) atoms. The molecule has 1 N–H and O–H groups in total. The molecule has 1 aliphatic heterocycles. The van der Waals surface area contributed by atoms with Crippen molar-refractivity contribution in [2.24, 2.45) is 5.92 Å². The molecule has 0 bridgehead atoms. The first-order chi connectivity index (χ1) is 8.64. The highest BCUT2D eigenvalue weighted by Crippen LogP contribution is 2.22. The zero-order valence-electron chi connectivity index (χ0n) is 10.9. The molecule has 108 valence electrons. The second kappa shape index (κ2) is 7.19. The van der Waals surface area contributed by atoms with Gasteiger partial charge in [-0.25, -0.2) is 8.42 Å². The fourth-order valence-corrected chi connectivity index (χ4v) is 3.87. The van der Waals surface area contributed by atoms with Gasteiger partial charge in [0.1, 0.15) is 4.90 Å². The molecule has 0 spiro atoms. The van der Waals surface area contributed by atoms with E-state index in [2.05, 4.69) is 10.3 Å². The van der Waals surface area contributed by atoms with Crippen molar-refractivity contribution in [2.75, 3.05) is 26.7 Å². The van der Waals surface area contributed by atoms with Gasteiger partial charge in [0.25, 0.3) is 0 Å². The Bertz CT molecular complexity index is 479. The van der Waals surface area contributed by atoms with Gasteiger partial charge in [-0.15, -0.1) is 12.4 Å². The fraction of sp³-hybridized carbons (Fsp3) is 0.583. The van der Waals surface area contributed by atoms with Crippen LogP contribution in [0.2, 0.25) is 0 Å². The monoisotopic (exact) mass is 305 g/mol. The van der Waals surface area contributed by atoms with E-state index in [0.717, 1.165) is 19.4 Å². The quantitative estimate of drug-likeness (QED) is 0.905. The van der Waals surface area contributed by atoms with Crippen LogP contribution >= 0.6 is 12.4 Å². The van der Waals surface area contributed by atoms with Gasteiger partial charge in [-0.3, -0.25) is 4.98 Å². The molecule has 0 radical (unpaired) electrons. The van der Waals surface area contributed by atoms with Crippen LogP contribution in [0.15, 0.2) is 29.4 Å². The van der Waals surface area contributed by atoms with Crippen molar-refractivity contribution < 1.29 is 8.42 Å². The summed E-state index contributed by atoms with van der Waals surface area (Å²) in [5.74, 6) is 0.398. The Labute approximate surface area is 120 Å². The van der Waals surface area contributed by atoms with Crippen molar-refractivity contribution in [3.63, 3.8) is 0 Å². The van der Waals surface area contributed by atoms with E-state index < -0.39 is 10.0 Å². The van der Waals surface area contributed by atoms with Gasteiger partial charge in [0, 0.05) is 25.5 Å². The maximum atomic E-state index is 12.4. The zero-order valence-corrected chi connectivity index (χ0v) is 12.6. The van der Waals surface area contributed by atoms with E-state index in [0.29, 0.717) is 19.0 Å². The normalized spacial score (nSPS) is 20.8. The number of halogens is 1. The Morgan fingerprint density at radius 2 is 2.32 bits per heavy atom. The maximum absolute atomic E-state index is 12.4. The second-order valence-corrected chi connectivity index (χ2v) is 6.56. The lowest BCUT2D eigenvalue weighted by atomic mass is 10.00. The summed E-state index contributed by atoms with van der Waals surface area (Å²) in [4.78, 5) is 4.17. The fourth-order valence-electron chi connectivity index (χ4n) is 2.35. The zero-order chi connectivity index (χ0) is 13.0. The first kappa shape index (κ1) is 16.4. The Kier molecular flexibility index (Phi) is 6.19. The topological polar surface area (TPSA) is 62.3 Å². The third-order valence-electron chi connectivity index (χ3n) is 3.25. The number of rotatable bonds is 4. The summed E-state index contributed by atoms with van der Waals surface area (Å²) in [6.45, 7) is 2.06. The van der Waals surface area contributed by atoms with E-state index in [9.17, 15) is 8.42 Å². The van der Waals surface area contributed by atoms with E-state index >= 15 is 0 Å². The van der Waals surface area contributed by atoms with Crippen LogP contribution in [-0.4, -0.2) is 44.4 Å². The van der Waals surface area contributed by atoms with Gasteiger partial charge in [0.05, 0.1) is 0 Å². The summed E-state index contributed by atoms with van der Waals surface area (Å²) in [6.07, 6.45) is 5.00. The molecule has 1 aromatic rings. The number of hydrogen-bond donors (Lipinski definition) is 1. The van der Waals surface area contributed by atoms with Gasteiger partial charge in [-0.1, -0.05) is 0 Å². The van der Waals surface area contributed by atoms with Gasteiger partial charge in [0.2, 0.25) is 10.0 Å². The molecule has 0 amide bonds. The highest BCUT2D eigenvalue weighted by molar-refractivity contribution is 7.89. The average molecular weight is 306 g/mol. The van der Waals surface area contributed by atoms with Crippen LogP contribution in [0, 0.1) is 5.92 Å². The lowest BCUT2D eigenvalue weighted by Crippen LogP contribution is -2.42. The maximum Gasteiger partial charge on any atom is 0.244 e. The predicted molar refractivity (Wildman–Crippen MR) is 76.9 cm³/mol. The van der Waals surface area contributed by atoms with Gasteiger partial charge < -0.3 is 5.32 Å². The minimum atomic E-state index is -3.37. The Balaban J connectivity index is 0.00000180. The summed E-state index contributed by atoms with van der Waals surface area (Å²) >= 11 is 0. The van der Waals surface area contributed by atoms with Crippen molar-refractivity contribution >= 4 is 22.4 Å². The predicted octanol–water partition coefficient (Wildman–Crippen LogP) is 1.12. The van der Waals surface area contributed by atoms with E-state index in [1.165, 1.54) is 6.20 Å². The van der Waals surface area contributed by atoms with Crippen LogP contribution in [0.25, 0.3) is 0 Å². The SMILES string of the molecule is CNCC1CCCN(S(=O)(=O)c2cccnc2)C1.Cl. The smallest absolute Gasteiger partial charge is 0.244 e. The van der Waals surface area contributed by atoms with Crippen molar-refractivity contribution in [1.82, 2.24) is 14.6 Å². The van der Waals surface area contributed by atoms with Gasteiger partial charge in [0.15, 0.2) is 0 Å². The van der Waals surface area contributed by atoms with Crippen molar-refractivity contribution in [3.05, 3.63) is 24.5 Å². The third-order valence-corrected chi connectivity index (χ3v) is 5.10. The Hall–Kier alpha value is -0.690. The van der Waals surface area contributed by atoms with Gasteiger partial charge >= 0.3 is 0 Å². The highest BCUT2D eigenvalue weighted by Gasteiger charge is 2.29. The van der Waals surface area contributed by atoms with E-state index in [1.54, 1.807) is 22.6 Å². The number of hydrogen-bond acceptors (Lipinski definition) is 4. The van der Waals surface area contributed by atoms with E-state index in [4.69, 9.17) is 0 Å². The lowest BCUT2D eigenvalue weighted by Gasteiger charge is -2.31. The number of nitrogens with one attached hydrogen (secondary N) is 1. The third kappa shape index (κ3) is 3.89. The Morgan fingerprint density at radius 1 is 1.53 bits per heavy atom. The molecule has 1 unspecified atom stereocenters. The molecule has 2 rings (SSSR count). The number of nitrogens with zero attached hydrogens (tertiary/aromatic N) is 2. The molecule has 1 aromatic heterocycles. The van der Waals surface area contributed by atoms with Crippen LogP contribution in [0.5, 0.6) is 0 Å². The molecule has 0 aromatic carbocycles. The van der Waals surface area contributed by atoms with Crippen LogP contribution in [0.3, 0.4) is 0 Å². The van der Waals surface area contributed by atoms with Crippen molar-refractivity contribution in [2.45, 2.75) is 17.7 Å². The summed E-state index contributed by atoms with van der Waals surface area (Å²) < 4.78 is 26.4. The molecule has 1 atom stereocenters. The minimum Gasteiger partial charge on any atom is -0.319 e. The van der Waals surface area contributed by atoms with E-state index in [-0.39, 0.29) is 17.3 Å². The number of piperidine rings is 1. The largest absolute Gasteiger partial charge is 0.319 e. The summed E-state index contributed by atoms with van der Waals surface area (Å²) in [5.41, 5.74) is 0. The summed E-state index contributed by atoms with van der Waals surface area (Å²) in [7, 11) is -1.47. The molecule has 2 heterocycles. The van der Waals surface area contributed by atoms with E-state index in [1.807, 2.05) is 7.05 Å². The highest BCUT2D eigenvalue weighted by atomic mass is 35.5. The van der Waals surface area contributed by atoms with Crippen LogP contribution in [-0.2, 0) is 10.0 Å². The number of aromatic nitrogens is 1. The first-order valence-corrected chi connectivity index (χ1v) is 7.63. The molecule has 0 saturated carbocycles. The molecule has 1 fully saturated rings. The molecule has 5 nitrogen and oxygen atoms in total. The lowest BCUT2D eigenvalue weighted by molar-refractivity contribution is 0.263. The molecular weight excluding hydrogens is 286 g/mol. The average Bonchev–Trinajstić information content (AvgIpc) is 2.40. The van der Waals surface area contributed by atoms with Crippen LogP contribution in [0.4, 0.5) is 0 Å². The van der Waals surface area contributed by atoms with Gasteiger partial charge in [-0.2, -0.15) is 4.31 Å². The number of pyridine rings is 1.